The lowest BCUT2D eigenvalue weighted by atomic mass is 10.1. The van der Waals surface area contributed by atoms with Gasteiger partial charge in [-0.05, 0) is 18.6 Å². The summed E-state index contributed by atoms with van der Waals surface area (Å²) >= 11 is 0. The van der Waals surface area contributed by atoms with Crippen LogP contribution in [0.1, 0.15) is 35.4 Å². The Labute approximate surface area is 83.2 Å². The first-order valence-electron chi connectivity index (χ1n) is 4.79. The number of fused-ring (bicyclic) bond motifs is 1. The van der Waals surface area contributed by atoms with Crippen LogP contribution in [-0.2, 0) is 4.74 Å². The molecule has 0 aromatic heterocycles. The summed E-state index contributed by atoms with van der Waals surface area (Å²) in [5.41, 5.74) is 1.67. The zero-order chi connectivity index (χ0) is 9.97. The van der Waals surface area contributed by atoms with Gasteiger partial charge in [-0.15, -0.1) is 0 Å². The quantitative estimate of drug-likeness (QED) is 0.527. The van der Waals surface area contributed by atoms with Gasteiger partial charge in [-0.1, -0.05) is 31.2 Å². The van der Waals surface area contributed by atoms with E-state index in [0.29, 0.717) is 5.56 Å². The van der Waals surface area contributed by atoms with Crippen LogP contribution in [0.25, 0.3) is 0 Å². The predicted octanol–water partition coefficient (Wildman–Crippen LogP) is 2.86. The van der Waals surface area contributed by atoms with E-state index in [1.807, 2.05) is 30.4 Å². The molecule has 0 saturated heterocycles. The van der Waals surface area contributed by atoms with Crippen molar-refractivity contribution in [3.8, 4) is 0 Å². The molecule has 1 unspecified atom stereocenters. The molecular formula is C12H12O2. The molecule has 0 fully saturated rings. The van der Waals surface area contributed by atoms with Crippen LogP contribution < -0.4 is 0 Å². The minimum atomic E-state index is -0.216. The third-order valence-corrected chi connectivity index (χ3v) is 2.27. The fraction of sp³-hybridized carbons (Fsp3) is 0.250. The Morgan fingerprint density at radius 1 is 1.43 bits per heavy atom. The molecule has 0 saturated carbocycles. The van der Waals surface area contributed by atoms with E-state index in [1.54, 1.807) is 6.07 Å². The minimum absolute atomic E-state index is 0.182. The van der Waals surface area contributed by atoms with E-state index < -0.39 is 0 Å². The fourth-order valence-corrected chi connectivity index (χ4v) is 1.58. The van der Waals surface area contributed by atoms with Crippen molar-refractivity contribution in [1.29, 1.82) is 0 Å². The van der Waals surface area contributed by atoms with Crippen molar-refractivity contribution in [2.24, 2.45) is 0 Å². The van der Waals surface area contributed by atoms with Crippen molar-refractivity contribution in [2.75, 3.05) is 0 Å². The van der Waals surface area contributed by atoms with Crippen molar-refractivity contribution in [3.05, 3.63) is 47.5 Å². The first-order chi connectivity index (χ1) is 6.83. The van der Waals surface area contributed by atoms with Gasteiger partial charge in [0.1, 0.15) is 6.10 Å². The average molecular weight is 188 g/mol. The van der Waals surface area contributed by atoms with Crippen LogP contribution in [0.4, 0.5) is 0 Å². The van der Waals surface area contributed by atoms with Gasteiger partial charge in [0.25, 0.3) is 0 Å². The molecule has 0 amide bonds. The van der Waals surface area contributed by atoms with Crippen molar-refractivity contribution in [1.82, 2.24) is 0 Å². The molecule has 1 heterocycles. The number of carbonyl (C=O) groups is 1. The van der Waals surface area contributed by atoms with E-state index in [-0.39, 0.29) is 12.1 Å². The Morgan fingerprint density at radius 3 is 3.00 bits per heavy atom. The third-order valence-electron chi connectivity index (χ3n) is 2.27. The molecule has 1 aliphatic rings. The topological polar surface area (TPSA) is 26.3 Å². The van der Waals surface area contributed by atoms with Crippen LogP contribution in [0.15, 0.2) is 36.4 Å². The van der Waals surface area contributed by atoms with Crippen molar-refractivity contribution >= 4 is 5.97 Å². The number of carbonyl (C=O) groups excluding carboxylic acids is 1. The SMILES string of the molecule is CC/C=C/C1OC(=O)c2ccccc21. The summed E-state index contributed by atoms with van der Waals surface area (Å²) in [6.45, 7) is 2.05. The number of cyclic esters (lactones) is 1. The van der Waals surface area contributed by atoms with Crippen LogP contribution in [-0.4, -0.2) is 5.97 Å². The summed E-state index contributed by atoms with van der Waals surface area (Å²) in [6, 6.07) is 7.52. The maximum atomic E-state index is 11.4. The van der Waals surface area contributed by atoms with E-state index in [0.717, 1.165) is 12.0 Å². The number of allylic oxidation sites excluding steroid dienone is 1. The molecule has 2 heteroatoms. The summed E-state index contributed by atoms with van der Waals surface area (Å²) in [4.78, 5) is 11.4. The highest BCUT2D eigenvalue weighted by Crippen LogP contribution is 2.31. The van der Waals surface area contributed by atoms with Gasteiger partial charge in [-0.25, -0.2) is 4.79 Å². The number of rotatable bonds is 2. The summed E-state index contributed by atoms with van der Waals surface area (Å²) < 4.78 is 5.21. The summed E-state index contributed by atoms with van der Waals surface area (Å²) in [5.74, 6) is -0.216. The normalized spacial score (nSPS) is 19.8. The lowest BCUT2D eigenvalue weighted by Gasteiger charge is -2.03. The molecule has 0 N–H and O–H groups in total. The van der Waals surface area contributed by atoms with Crippen LogP contribution in [0.3, 0.4) is 0 Å². The second-order valence-corrected chi connectivity index (χ2v) is 3.25. The number of ether oxygens (including phenoxy) is 1. The van der Waals surface area contributed by atoms with Gasteiger partial charge < -0.3 is 4.74 Å². The standard InChI is InChI=1S/C12H12O2/c1-2-3-8-11-9-6-4-5-7-10(9)12(13)14-11/h3-8,11H,2H2,1H3/b8-3+. The van der Waals surface area contributed by atoms with Crippen LogP contribution >= 0.6 is 0 Å². The Bertz CT molecular complexity index is 380. The van der Waals surface area contributed by atoms with Gasteiger partial charge in [-0.3, -0.25) is 0 Å². The molecule has 0 spiro atoms. The van der Waals surface area contributed by atoms with Gasteiger partial charge >= 0.3 is 5.97 Å². The summed E-state index contributed by atoms with van der Waals surface area (Å²) in [5, 5.41) is 0. The van der Waals surface area contributed by atoms with Crippen LogP contribution in [0.5, 0.6) is 0 Å². The fourth-order valence-electron chi connectivity index (χ4n) is 1.58. The number of benzene rings is 1. The Hall–Kier alpha value is -1.57. The highest BCUT2D eigenvalue weighted by atomic mass is 16.5. The summed E-state index contributed by atoms with van der Waals surface area (Å²) in [6.07, 6.45) is 4.72. The van der Waals surface area contributed by atoms with Crippen molar-refractivity contribution < 1.29 is 9.53 Å². The predicted molar refractivity (Wildman–Crippen MR) is 54.0 cm³/mol. The maximum absolute atomic E-state index is 11.4. The molecule has 1 aliphatic heterocycles. The molecule has 0 radical (unpaired) electrons. The smallest absolute Gasteiger partial charge is 0.339 e. The third kappa shape index (κ3) is 1.43. The van der Waals surface area contributed by atoms with Crippen molar-refractivity contribution in [2.45, 2.75) is 19.4 Å². The first-order valence-corrected chi connectivity index (χ1v) is 4.79. The molecule has 0 aliphatic carbocycles. The minimum Gasteiger partial charge on any atom is -0.450 e. The molecule has 2 rings (SSSR count). The molecule has 2 nitrogen and oxygen atoms in total. The largest absolute Gasteiger partial charge is 0.450 e. The maximum Gasteiger partial charge on any atom is 0.339 e. The van der Waals surface area contributed by atoms with E-state index in [1.165, 1.54) is 0 Å². The lowest BCUT2D eigenvalue weighted by Crippen LogP contribution is -1.95. The Kier molecular flexibility index (Phi) is 2.35. The zero-order valence-electron chi connectivity index (χ0n) is 8.07. The number of esters is 1. The van der Waals surface area contributed by atoms with E-state index in [9.17, 15) is 4.79 Å². The molecule has 1 aromatic rings. The monoisotopic (exact) mass is 188 g/mol. The van der Waals surface area contributed by atoms with Gasteiger partial charge in [0, 0.05) is 5.56 Å². The average Bonchev–Trinajstić information content (AvgIpc) is 2.54. The molecule has 0 bridgehead atoms. The zero-order valence-corrected chi connectivity index (χ0v) is 8.07. The molecule has 1 aromatic carbocycles. The van der Waals surface area contributed by atoms with Gasteiger partial charge in [-0.2, -0.15) is 0 Å². The number of hydrogen-bond donors (Lipinski definition) is 0. The van der Waals surface area contributed by atoms with Crippen LogP contribution in [0.2, 0.25) is 0 Å². The highest BCUT2D eigenvalue weighted by molar-refractivity contribution is 5.94. The molecular weight excluding hydrogens is 176 g/mol. The van der Waals surface area contributed by atoms with E-state index in [2.05, 4.69) is 6.92 Å². The Morgan fingerprint density at radius 2 is 2.21 bits per heavy atom. The van der Waals surface area contributed by atoms with E-state index >= 15 is 0 Å². The van der Waals surface area contributed by atoms with Gasteiger partial charge in [0.2, 0.25) is 0 Å². The second kappa shape index (κ2) is 3.66. The van der Waals surface area contributed by atoms with Crippen LogP contribution in [0, 0.1) is 0 Å². The van der Waals surface area contributed by atoms with Gasteiger partial charge in [0.05, 0.1) is 5.56 Å². The molecule has 72 valence electrons. The highest BCUT2D eigenvalue weighted by Gasteiger charge is 2.28. The molecule has 1 atom stereocenters. The summed E-state index contributed by atoms with van der Waals surface area (Å²) in [7, 11) is 0. The van der Waals surface area contributed by atoms with E-state index in [4.69, 9.17) is 4.74 Å². The van der Waals surface area contributed by atoms with Crippen molar-refractivity contribution in [3.63, 3.8) is 0 Å². The first kappa shape index (κ1) is 9.00. The number of hydrogen-bond acceptors (Lipinski definition) is 2. The van der Waals surface area contributed by atoms with Gasteiger partial charge in [0.15, 0.2) is 0 Å². The lowest BCUT2D eigenvalue weighted by molar-refractivity contribution is 0.0467. The Balaban J connectivity index is 2.34. The second-order valence-electron chi connectivity index (χ2n) is 3.25. The molecule has 14 heavy (non-hydrogen) atoms.